The molecule has 0 aromatic heterocycles. The summed E-state index contributed by atoms with van der Waals surface area (Å²) in [6.07, 6.45) is 4.84. The van der Waals surface area contributed by atoms with Crippen LogP contribution in [0.1, 0.15) is 19.3 Å². The number of hydrogen-bond donors (Lipinski definition) is 1. The van der Waals surface area contributed by atoms with Gasteiger partial charge in [-0.1, -0.05) is 12.2 Å². The maximum Gasteiger partial charge on any atom is 0.305 e. The molecule has 2 atom stereocenters. The second kappa shape index (κ2) is 4.08. The molecular weight excluding hydrogens is 210 g/mol. The second-order valence-electron chi connectivity index (χ2n) is 4.13. The van der Waals surface area contributed by atoms with Crippen molar-refractivity contribution in [3.05, 3.63) is 12.2 Å². The van der Waals surface area contributed by atoms with Crippen molar-refractivity contribution in [3.63, 3.8) is 0 Å². The van der Waals surface area contributed by atoms with E-state index in [1.807, 2.05) is 12.2 Å². The molecule has 1 aliphatic heterocycles. The van der Waals surface area contributed by atoms with Crippen LogP contribution in [0.15, 0.2) is 12.2 Å². The Bertz CT molecular complexity index is 348. The molecule has 0 saturated carbocycles. The Labute approximate surface area is 92.7 Å². The molecule has 0 aromatic carbocycles. The predicted octanol–water partition coefficient (Wildman–Crippen LogP) is 0.412. The van der Waals surface area contributed by atoms with Gasteiger partial charge >= 0.3 is 5.97 Å². The lowest BCUT2D eigenvalue weighted by molar-refractivity contribution is -0.142. The van der Waals surface area contributed by atoms with Gasteiger partial charge in [0.25, 0.3) is 0 Å². The van der Waals surface area contributed by atoms with Crippen molar-refractivity contribution in [1.29, 1.82) is 0 Å². The maximum absolute atomic E-state index is 11.8. The topological polar surface area (TPSA) is 74.7 Å². The number of carboxylic acid groups (broad SMARTS) is 1. The van der Waals surface area contributed by atoms with Crippen LogP contribution in [-0.4, -0.2) is 34.3 Å². The molecule has 2 aliphatic rings. The number of likely N-dealkylation sites (tertiary alicyclic amines) is 1. The minimum Gasteiger partial charge on any atom is -0.481 e. The number of allylic oxidation sites excluding steroid dienone is 2. The highest BCUT2D eigenvalue weighted by molar-refractivity contribution is 6.05. The van der Waals surface area contributed by atoms with Crippen LogP contribution in [0.3, 0.4) is 0 Å². The number of aliphatic carboxylic acids is 1. The van der Waals surface area contributed by atoms with E-state index in [4.69, 9.17) is 5.11 Å². The summed E-state index contributed by atoms with van der Waals surface area (Å²) < 4.78 is 0. The largest absolute Gasteiger partial charge is 0.481 e. The molecule has 1 fully saturated rings. The van der Waals surface area contributed by atoms with Crippen LogP contribution in [0.4, 0.5) is 0 Å². The van der Waals surface area contributed by atoms with E-state index in [0.717, 1.165) is 4.90 Å². The van der Waals surface area contributed by atoms with E-state index < -0.39 is 5.97 Å². The smallest absolute Gasteiger partial charge is 0.305 e. The SMILES string of the molecule is O=C(O)CCN1C(=O)[C@@H]2CC=CC[C@H]2C1=O. The van der Waals surface area contributed by atoms with Gasteiger partial charge in [-0.2, -0.15) is 0 Å². The third-order valence-corrected chi connectivity index (χ3v) is 3.15. The van der Waals surface area contributed by atoms with Gasteiger partial charge < -0.3 is 5.11 Å². The summed E-state index contributed by atoms with van der Waals surface area (Å²) in [6.45, 7) is 0. The Morgan fingerprint density at radius 3 is 2.19 bits per heavy atom. The molecule has 16 heavy (non-hydrogen) atoms. The van der Waals surface area contributed by atoms with Crippen molar-refractivity contribution in [2.45, 2.75) is 19.3 Å². The zero-order valence-corrected chi connectivity index (χ0v) is 8.76. The molecule has 1 heterocycles. The number of imide groups is 1. The van der Waals surface area contributed by atoms with Crippen molar-refractivity contribution in [3.8, 4) is 0 Å². The van der Waals surface area contributed by atoms with Crippen LogP contribution in [-0.2, 0) is 14.4 Å². The van der Waals surface area contributed by atoms with Crippen molar-refractivity contribution < 1.29 is 19.5 Å². The van der Waals surface area contributed by atoms with Gasteiger partial charge in [-0.05, 0) is 12.8 Å². The van der Waals surface area contributed by atoms with Gasteiger partial charge in [0.1, 0.15) is 0 Å². The molecule has 0 aromatic rings. The average molecular weight is 223 g/mol. The fourth-order valence-corrected chi connectivity index (χ4v) is 2.30. The average Bonchev–Trinajstić information content (AvgIpc) is 2.50. The number of amides is 2. The molecule has 2 rings (SSSR count). The highest BCUT2D eigenvalue weighted by Crippen LogP contribution is 2.34. The van der Waals surface area contributed by atoms with E-state index in [1.165, 1.54) is 0 Å². The first kappa shape index (κ1) is 10.9. The molecule has 0 bridgehead atoms. The minimum absolute atomic E-state index is 0. The van der Waals surface area contributed by atoms with Crippen LogP contribution < -0.4 is 0 Å². The van der Waals surface area contributed by atoms with E-state index in [-0.39, 0.29) is 36.6 Å². The minimum atomic E-state index is -0.992. The number of carbonyl (C=O) groups excluding carboxylic acids is 2. The van der Waals surface area contributed by atoms with Gasteiger partial charge in [0.05, 0.1) is 18.3 Å². The summed E-state index contributed by atoms with van der Waals surface area (Å²) in [7, 11) is 0. The number of hydrogen-bond acceptors (Lipinski definition) is 3. The molecule has 1 aliphatic carbocycles. The Balaban J connectivity index is 2.08. The zero-order valence-electron chi connectivity index (χ0n) is 8.76. The number of nitrogens with zero attached hydrogens (tertiary/aromatic N) is 1. The summed E-state index contributed by atoms with van der Waals surface area (Å²) in [6, 6.07) is 0. The summed E-state index contributed by atoms with van der Waals surface area (Å²) in [5.41, 5.74) is 0. The predicted molar refractivity (Wildman–Crippen MR) is 54.3 cm³/mol. The van der Waals surface area contributed by atoms with Gasteiger partial charge in [0, 0.05) is 6.54 Å². The van der Waals surface area contributed by atoms with Gasteiger partial charge in [0.2, 0.25) is 11.8 Å². The standard InChI is InChI=1S/C11H13NO4/c13-9(14)5-6-12-10(15)7-3-1-2-4-8(7)11(12)16/h1-2,7-8H,3-6H2,(H,13,14)/t7-,8-/m1/s1. The number of rotatable bonds is 3. The molecule has 0 unspecified atom stereocenters. The molecule has 86 valence electrons. The van der Waals surface area contributed by atoms with Crippen LogP contribution in [0.2, 0.25) is 0 Å². The summed E-state index contributed by atoms with van der Waals surface area (Å²) in [5.74, 6) is -1.92. The van der Waals surface area contributed by atoms with Crippen LogP contribution in [0.25, 0.3) is 0 Å². The Morgan fingerprint density at radius 1 is 1.25 bits per heavy atom. The molecule has 0 spiro atoms. The van der Waals surface area contributed by atoms with E-state index in [1.54, 1.807) is 0 Å². The molecule has 1 saturated heterocycles. The highest BCUT2D eigenvalue weighted by atomic mass is 16.4. The summed E-state index contributed by atoms with van der Waals surface area (Å²) in [5, 5.41) is 8.54. The number of fused-ring (bicyclic) bond motifs is 1. The third-order valence-electron chi connectivity index (χ3n) is 3.15. The van der Waals surface area contributed by atoms with Crippen LogP contribution in [0, 0.1) is 11.8 Å². The van der Waals surface area contributed by atoms with Crippen LogP contribution in [0.5, 0.6) is 0 Å². The Kier molecular flexibility index (Phi) is 2.77. The number of carboxylic acids is 1. The fourth-order valence-electron chi connectivity index (χ4n) is 2.30. The van der Waals surface area contributed by atoms with E-state index in [0.29, 0.717) is 12.8 Å². The van der Waals surface area contributed by atoms with E-state index in [2.05, 4.69) is 0 Å². The normalized spacial score (nSPS) is 28.4. The summed E-state index contributed by atoms with van der Waals surface area (Å²) >= 11 is 0. The molecule has 5 nitrogen and oxygen atoms in total. The van der Waals surface area contributed by atoms with Gasteiger partial charge in [-0.3, -0.25) is 19.3 Å². The molecule has 5 heteroatoms. The van der Waals surface area contributed by atoms with Crippen molar-refractivity contribution in [2.24, 2.45) is 11.8 Å². The Hall–Kier alpha value is -1.65. The monoisotopic (exact) mass is 223 g/mol. The fraction of sp³-hybridized carbons (Fsp3) is 0.545. The van der Waals surface area contributed by atoms with Gasteiger partial charge in [0.15, 0.2) is 0 Å². The van der Waals surface area contributed by atoms with Crippen LogP contribution >= 0.6 is 0 Å². The second-order valence-corrected chi connectivity index (χ2v) is 4.13. The lowest BCUT2D eigenvalue weighted by atomic mass is 9.85. The first-order valence-corrected chi connectivity index (χ1v) is 5.33. The van der Waals surface area contributed by atoms with Gasteiger partial charge in [-0.25, -0.2) is 0 Å². The Morgan fingerprint density at radius 2 is 1.75 bits per heavy atom. The van der Waals surface area contributed by atoms with Crippen molar-refractivity contribution >= 4 is 17.8 Å². The highest BCUT2D eigenvalue weighted by Gasteiger charge is 2.46. The van der Waals surface area contributed by atoms with E-state index in [9.17, 15) is 14.4 Å². The first-order valence-electron chi connectivity index (χ1n) is 5.33. The number of carbonyl (C=O) groups is 3. The van der Waals surface area contributed by atoms with Crippen molar-refractivity contribution in [2.75, 3.05) is 6.54 Å². The van der Waals surface area contributed by atoms with Gasteiger partial charge in [-0.15, -0.1) is 0 Å². The lowest BCUT2D eigenvalue weighted by Crippen LogP contribution is -2.33. The van der Waals surface area contributed by atoms with E-state index >= 15 is 0 Å². The lowest BCUT2D eigenvalue weighted by Gasteiger charge is -2.14. The molecular formula is C11H13NO4. The molecule has 2 amide bonds. The third kappa shape index (κ3) is 1.73. The first-order chi connectivity index (χ1) is 7.61. The molecule has 1 N–H and O–H groups in total. The summed E-state index contributed by atoms with van der Waals surface area (Å²) in [4.78, 5) is 35.2. The maximum atomic E-state index is 11.8. The zero-order chi connectivity index (χ0) is 11.7. The van der Waals surface area contributed by atoms with Crippen molar-refractivity contribution in [1.82, 2.24) is 4.90 Å². The molecule has 0 radical (unpaired) electrons. The quantitative estimate of drug-likeness (QED) is 0.555.